The highest BCUT2D eigenvalue weighted by molar-refractivity contribution is 5.78. The quantitative estimate of drug-likeness (QED) is 0.769. The van der Waals surface area contributed by atoms with Crippen molar-refractivity contribution in [1.29, 1.82) is 0 Å². The van der Waals surface area contributed by atoms with Gasteiger partial charge in [0.25, 0.3) is 0 Å². The largest absolute Gasteiger partial charge is 0.491 e. The third-order valence-electron chi connectivity index (χ3n) is 3.66. The van der Waals surface area contributed by atoms with Crippen LogP contribution in [0, 0.1) is 0 Å². The summed E-state index contributed by atoms with van der Waals surface area (Å²) in [7, 11) is 0. The Morgan fingerprint density at radius 2 is 1.55 bits per heavy atom. The lowest BCUT2D eigenvalue weighted by Gasteiger charge is -2.15. The average molecular weight is 297 g/mol. The van der Waals surface area contributed by atoms with Crippen molar-refractivity contribution >= 4 is 5.91 Å². The van der Waals surface area contributed by atoms with Crippen LogP contribution in [0.25, 0.3) is 0 Å². The molecule has 1 aliphatic heterocycles. The summed E-state index contributed by atoms with van der Waals surface area (Å²) in [4.78, 5) is 13.9. The van der Waals surface area contributed by atoms with Crippen molar-refractivity contribution < 1.29 is 14.3 Å². The van der Waals surface area contributed by atoms with Gasteiger partial charge in [-0.3, -0.25) is 4.79 Å². The second-order valence-corrected chi connectivity index (χ2v) is 5.23. The number of para-hydroxylation sites is 1. The van der Waals surface area contributed by atoms with Gasteiger partial charge in [-0.15, -0.1) is 0 Å². The molecule has 1 aliphatic rings. The van der Waals surface area contributed by atoms with Crippen LogP contribution < -0.4 is 4.74 Å². The average Bonchev–Trinajstić information content (AvgIpc) is 2.99. The van der Waals surface area contributed by atoms with Crippen LogP contribution in [-0.2, 0) is 22.6 Å². The van der Waals surface area contributed by atoms with Crippen molar-refractivity contribution in [2.75, 3.05) is 19.8 Å². The third-order valence-corrected chi connectivity index (χ3v) is 3.66. The summed E-state index contributed by atoms with van der Waals surface area (Å²) in [5.41, 5.74) is 2.45. The van der Waals surface area contributed by atoms with Gasteiger partial charge in [0, 0.05) is 13.1 Å². The molecule has 0 saturated carbocycles. The summed E-state index contributed by atoms with van der Waals surface area (Å²) in [5.74, 6) is 0.836. The zero-order chi connectivity index (χ0) is 15.2. The Balaban J connectivity index is 1.35. The molecule has 0 aliphatic carbocycles. The predicted molar refractivity (Wildman–Crippen MR) is 83.5 cm³/mol. The monoisotopic (exact) mass is 297 g/mol. The van der Waals surface area contributed by atoms with Gasteiger partial charge in [0.05, 0.1) is 6.61 Å². The van der Waals surface area contributed by atoms with Crippen molar-refractivity contribution in [3.8, 4) is 5.75 Å². The number of rotatable bonds is 6. The summed E-state index contributed by atoms with van der Waals surface area (Å²) in [6, 6.07) is 17.7. The van der Waals surface area contributed by atoms with E-state index in [1.54, 1.807) is 0 Å². The van der Waals surface area contributed by atoms with Gasteiger partial charge in [0.2, 0.25) is 5.91 Å². The molecular weight excluding hydrogens is 278 g/mol. The molecule has 0 unspecified atom stereocenters. The first-order chi connectivity index (χ1) is 10.8. The molecule has 0 spiro atoms. The SMILES string of the molecule is O=C(COCCOc1ccccc1)N1Cc2ccccc2C1. The topological polar surface area (TPSA) is 38.8 Å². The molecule has 0 saturated heterocycles. The predicted octanol–water partition coefficient (Wildman–Crippen LogP) is 2.62. The molecule has 1 heterocycles. The first kappa shape index (κ1) is 14.6. The third kappa shape index (κ3) is 3.65. The molecule has 0 N–H and O–H groups in total. The van der Waals surface area contributed by atoms with Crippen molar-refractivity contribution in [2.45, 2.75) is 13.1 Å². The molecule has 0 bridgehead atoms. The Kier molecular flexibility index (Phi) is 4.71. The molecular formula is C18H19NO3. The summed E-state index contributed by atoms with van der Waals surface area (Å²) in [5, 5.41) is 0. The highest BCUT2D eigenvalue weighted by Crippen LogP contribution is 2.22. The Morgan fingerprint density at radius 1 is 0.909 bits per heavy atom. The van der Waals surface area contributed by atoms with Crippen LogP contribution in [0.2, 0.25) is 0 Å². The Labute approximate surface area is 130 Å². The zero-order valence-electron chi connectivity index (χ0n) is 12.4. The fourth-order valence-corrected chi connectivity index (χ4v) is 2.50. The number of nitrogens with zero attached hydrogens (tertiary/aromatic N) is 1. The minimum Gasteiger partial charge on any atom is -0.491 e. The van der Waals surface area contributed by atoms with E-state index in [4.69, 9.17) is 9.47 Å². The second kappa shape index (κ2) is 7.09. The summed E-state index contributed by atoms with van der Waals surface area (Å²) < 4.78 is 10.9. The maximum absolute atomic E-state index is 12.1. The van der Waals surface area contributed by atoms with Gasteiger partial charge >= 0.3 is 0 Å². The second-order valence-electron chi connectivity index (χ2n) is 5.23. The number of amides is 1. The zero-order valence-corrected chi connectivity index (χ0v) is 12.4. The molecule has 22 heavy (non-hydrogen) atoms. The molecule has 2 aromatic rings. The Morgan fingerprint density at radius 3 is 2.23 bits per heavy atom. The maximum atomic E-state index is 12.1. The number of hydrogen-bond acceptors (Lipinski definition) is 3. The summed E-state index contributed by atoms with van der Waals surface area (Å²) in [6.45, 7) is 2.31. The van der Waals surface area contributed by atoms with Gasteiger partial charge in [-0.05, 0) is 23.3 Å². The molecule has 114 valence electrons. The van der Waals surface area contributed by atoms with Crippen molar-refractivity contribution in [3.63, 3.8) is 0 Å². The summed E-state index contributed by atoms with van der Waals surface area (Å²) in [6.07, 6.45) is 0. The van der Waals surface area contributed by atoms with E-state index < -0.39 is 0 Å². The van der Waals surface area contributed by atoms with Crippen LogP contribution in [0.5, 0.6) is 5.75 Å². The van der Waals surface area contributed by atoms with Crippen molar-refractivity contribution in [3.05, 3.63) is 65.7 Å². The molecule has 0 aromatic heterocycles. The van der Waals surface area contributed by atoms with E-state index in [-0.39, 0.29) is 12.5 Å². The van der Waals surface area contributed by atoms with E-state index in [1.165, 1.54) is 11.1 Å². The Bertz CT molecular complexity index is 602. The lowest BCUT2D eigenvalue weighted by Crippen LogP contribution is -2.29. The van der Waals surface area contributed by atoms with E-state index in [9.17, 15) is 4.79 Å². The smallest absolute Gasteiger partial charge is 0.249 e. The normalized spacial score (nSPS) is 13.0. The van der Waals surface area contributed by atoms with Gasteiger partial charge in [-0.25, -0.2) is 0 Å². The van der Waals surface area contributed by atoms with Crippen LogP contribution in [0.1, 0.15) is 11.1 Å². The number of ether oxygens (including phenoxy) is 2. The number of hydrogen-bond donors (Lipinski definition) is 0. The van der Waals surface area contributed by atoms with E-state index in [1.807, 2.05) is 47.4 Å². The maximum Gasteiger partial charge on any atom is 0.249 e. The number of fused-ring (bicyclic) bond motifs is 1. The van der Waals surface area contributed by atoms with Crippen molar-refractivity contribution in [1.82, 2.24) is 4.90 Å². The number of carbonyl (C=O) groups excluding carboxylic acids is 1. The minimum atomic E-state index is 0.0240. The van der Waals surface area contributed by atoms with Crippen molar-refractivity contribution in [2.24, 2.45) is 0 Å². The molecule has 0 fully saturated rings. The lowest BCUT2D eigenvalue weighted by atomic mass is 10.1. The van der Waals surface area contributed by atoms with Crippen LogP contribution in [0.3, 0.4) is 0 Å². The molecule has 3 rings (SSSR count). The first-order valence-electron chi connectivity index (χ1n) is 7.43. The minimum absolute atomic E-state index is 0.0240. The van der Waals surface area contributed by atoms with E-state index >= 15 is 0 Å². The highest BCUT2D eigenvalue weighted by atomic mass is 16.5. The standard InChI is InChI=1S/C18H19NO3/c20-18(19-12-15-6-4-5-7-16(15)13-19)14-21-10-11-22-17-8-2-1-3-9-17/h1-9H,10-14H2. The summed E-state index contributed by atoms with van der Waals surface area (Å²) >= 11 is 0. The molecule has 0 radical (unpaired) electrons. The number of benzene rings is 2. The molecule has 2 aromatic carbocycles. The van der Waals surface area contributed by atoms with Crippen LogP contribution in [0.4, 0.5) is 0 Å². The fraction of sp³-hybridized carbons (Fsp3) is 0.278. The van der Waals surface area contributed by atoms with Gasteiger partial charge in [-0.1, -0.05) is 42.5 Å². The van der Waals surface area contributed by atoms with Crippen LogP contribution in [0.15, 0.2) is 54.6 Å². The molecule has 1 amide bonds. The first-order valence-corrected chi connectivity index (χ1v) is 7.43. The highest BCUT2D eigenvalue weighted by Gasteiger charge is 2.22. The van der Waals surface area contributed by atoms with Crippen LogP contribution in [-0.4, -0.2) is 30.6 Å². The van der Waals surface area contributed by atoms with Crippen LogP contribution >= 0.6 is 0 Å². The van der Waals surface area contributed by atoms with E-state index in [2.05, 4.69) is 12.1 Å². The molecule has 4 heteroatoms. The molecule has 4 nitrogen and oxygen atoms in total. The van der Waals surface area contributed by atoms with E-state index in [0.29, 0.717) is 26.3 Å². The van der Waals surface area contributed by atoms with Gasteiger partial charge in [0.15, 0.2) is 0 Å². The van der Waals surface area contributed by atoms with Gasteiger partial charge < -0.3 is 14.4 Å². The van der Waals surface area contributed by atoms with E-state index in [0.717, 1.165) is 5.75 Å². The lowest BCUT2D eigenvalue weighted by molar-refractivity contribution is -0.137. The van der Waals surface area contributed by atoms with Gasteiger partial charge in [-0.2, -0.15) is 0 Å². The molecule has 0 atom stereocenters. The van der Waals surface area contributed by atoms with Gasteiger partial charge in [0.1, 0.15) is 19.0 Å². The fourth-order valence-electron chi connectivity index (χ4n) is 2.50. The Hall–Kier alpha value is -2.33. The number of carbonyl (C=O) groups is 1.